The van der Waals surface area contributed by atoms with Gasteiger partial charge in [0.2, 0.25) is 0 Å². The lowest BCUT2D eigenvalue weighted by Gasteiger charge is -2.37. The lowest BCUT2D eigenvalue weighted by Crippen LogP contribution is -2.52. The third kappa shape index (κ3) is 14.8. The Morgan fingerprint density at radius 1 is 0.587 bits per heavy atom. The van der Waals surface area contributed by atoms with E-state index in [1.54, 1.807) is 0 Å². The van der Waals surface area contributed by atoms with Gasteiger partial charge in [0, 0.05) is 6.08 Å². The number of alkyl halides is 6. The predicted octanol–water partition coefficient (Wildman–Crippen LogP) is 5.49. The number of aliphatic hydroxyl groups is 6. The van der Waals surface area contributed by atoms with Crippen LogP contribution in [0, 0.1) is 10.8 Å². The molecular formula is C25H33Cl11O10. The molecule has 8 N–H and O–H groups in total. The number of carboxylic acid groups (broad SMARTS) is 1. The first-order valence-electron chi connectivity index (χ1n) is 12.4. The number of halogens is 11. The molecule has 0 unspecified atom stereocenters. The third-order valence-corrected chi connectivity index (χ3v) is 12.3. The molecule has 0 aromatic heterocycles. The Labute approximate surface area is 321 Å². The van der Waals surface area contributed by atoms with Crippen LogP contribution in [0.3, 0.4) is 0 Å². The number of aliphatic carboxylic acids is 1. The molecule has 0 saturated heterocycles. The molecule has 1 aromatic carbocycles. The van der Waals surface area contributed by atoms with Crippen LogP contribution in [-0.4, -0.2) is 132 Å². The Kier molecular flexibility index (Phi) is 26.1. The fraction of sp³-hybridized carbons (Fsp3) is 0.640. The number of hydrogen-bond donors (Lipinski definition) is 8. The van der Waals surface area contributed by atoms with E-state index in [9.17, 15) is 9.90 Å². The highest BCUT2D eigenvalue weighted by atomic mass is 35.5. The van der Waals surface area contributed by atoms with Crippen LogP contribution in [-0.2, 0) is 9.53 Å². The molecule has 21 heteroatoms. The minimum absolute atomic E-state index is 0.00904. The SMILES string of the molecule is C=CC(=O)O.ClC1C(Cl)C(Cl)C(Cl)C(Cl)C1Cl.OCC(CO)(CO)COCC(CO)(CO)CO.Oc1c(Cl)c(Cl)c(Cl)c(Cl)c1Cl. The molecule has 0 spiro atoms. The van der Waals surface area contributed by atoms with Gasteiger partial charge in [0.15, 0.2) is 5.75 Å². The molecular weight excluding hydrogens is 850 g/mol. The van der Waals surface area contributed by atoms with E-state index in [2.05, 4.69) is 6.58 Å². The molecule has 0 heterocycles. The smallest absolute Gasteiger partial charge is 0.327 e. The Morgan fingerprint density at radius 2 is 0.783 bits per heavy atom. The van der Waals surface area contributed by atoms with Crippen molar-refractivity contribution in [3.8, 4) is 5.75 Å². The van der Waals surface area contributed by atoms with Gasteiger partial charge in [-0.05, 0) is 0 Å². The normalized spacial score (nSPS) is 22.7. The maximum Gasteiger partial charge on any atom is 0.327 e. The first-order valence-corrected chi connectivity index (χ1v) is 16.9. The number of rotatable bonds is 11. The molecule has 0 amide bonds. The van der Waals surface area contributed by atoms with Gasteiger partial charge >= 0.3 is 5.97 Å². The van der Waals surface area contributed by atoms with E-state index >= 15 is 0 Å². The second-order valence-electron chi connectivity index (χ2n) is 9.57. The molecule has 1 saturated carbocycles. The Hall–Kier alpha value is 1.14. The van der Waals surface area contributed by atoms with Crippen LogP contribution in [0.5, 0.6) is 5.75 Å². The molecule has 2 rings (SSSR count). The van der Waals surface area contributed by atoms with Gasteiger partial charge in [0.1, 0.15) is 10.0 Å². The van der Waals surface area contributed by atoms with Gasteiger partial charge in [-0.1, -0.05) is 64.6 Å². The van der Waals surface area contributed by atoms with E-state index in [1.807, 2.05) is 0 Å². The van der Waals surface area contributed by atoms with Crippen molar-refractivity contribution in [1.29, 1.82) is 0 Å². The molecule has 1 aliphatic carbocycles. The molecule has 46 heavy (non-hydrogen) atoms. The topological polar surface area (TPSA) is 188 Å². The van der Waals surface area contributed by atoms with Crippen molar-refractivity contribution >= 4 is 134 Å². The molecule has 270 valence electrons. The average molecular weight is 884 g/mol. The molecule has 0 atom stereocenters. The second kappa shape index (κ2) is 24.3. The van der Waals surface area contributed by atoms with Crippen molar-refractivity contribution in [2.24, 2.45) is 10.8 Å². The molecule has 1 aliphatic rings. The van der Waals surface area contributed by atoms with Gasteiger partial charge < -0.3 is 45.6 Å². The van der Waals surface area contributed by atoms with Gasteiger partial charge in [-0.2, -0.15) is 0 Å². The zero-order chi connectivity index (χ0) is 36.6. The highest BCUT2D eigenvalue weighted by Gasteiger charge is 2.47. The van der Waals surface area contributed by atoms with Gasteiger partial charge in [-0.3, -0.25) is 0 Å². The number of hydrogen-bond acceptors (Lipinski definition) is 9. The molecule has 1 aromatic rings. The van der Waals surface area contributed by atoms with Crippen LogP contribution in [0.4, 0.5) is 0 Å². The maximum absolute atomic E-state index is 9.25. The van der Waals surface area contributed by atoms with Crippen LogP contribution >= 0.6 is 128 Å². The summed E-state index contributed by atoms with van der Waals surface area (Å²) >= 11 is 63.2. The van der Waals surface area contributed by atoms with E-state index in [1.165, 1.54) is 0 Å². The second-order valence-corrected chi connectivity index (χ2v) is 14.5. The van der Waals surface area contributed by atoms with E-state index in [4.69, 9.17) is 168 Å². The highest BCUT2D eigenvalue weighted by Crippen LogP contribution is 2.47. The summed E-state index contributed by atoms with van der Waals surface area (Å²) < 4.78 is 5.15. The summed E-state index contributed by atoms with van der Waals surface area (Å²) in [5, 5.41) is 68.2. The minimum atomic E-state index is -1.16. The Bertz CT molecular complexity index is 864. The Balaban J connectivity index is 0. The van der Waals surface area contributed by atoms with Crippen LogP contribution in [0.25, 0.3) is 0 Å². The Morgan fingerprint density at radius 3 is 0.957 bits per heavy atom. The summed E-state index contributed by atoms with van der Waals surface area (Å²) in [5.41, 5.74) is -2.32. The van der Waals surface area contributed by atoms with Crippen molar-refractivity contribution in [3.05, 3.63) is 37.8 Å². The highest BCUT2D eigenvalue weighted by molar-refractivity contribution is 6.55. The maximum atomic E-state index is 9.25. The summed E-state index contributed by atoms with van der Waals surface area (Å²) in [6.07, 6.45) is 0.833. The van der Waals surface area contributed by atoms with Crippen LogP contribution in [0.2, 0.25) is 25.1 Å². The fourth-order valence-corrected chi connectivity index (χ4v) is 6.16. The summed E-state index contributed by atoms with van der Waals surface area (Å²) in [6.45, 7) is -0.0446. The van der Waals surface area contributed by atoms with Gasteiger partial charge in [0.05, 0.1) is 111 Å². The van der Waals surface area contributed by atoms with Crippen LogP contribution < -0.4 is 0 Å². The molecule has 0 bridgehead atoms. The number of phenols is 1. The van der Waals surface area contributed by atoms with E-state index in [0.717, 1.165) is 6.08 Å². The number of ether oxygens (including phenoxy) is 1. The lowest BCUT2D eigenvalue weighted by atomic mass is 9.91. The molecule has 0 aliphatic heterocycles. The van der Waals surface area contributed by atoms with Crippen molar-refractivity contribution < 1.29 is 50.4 Å². The summed E-state index contributed by atoms with van der Waals surface area (Å²) in [7, 11) is 0. The average Bonchev–Trinajstić information content (AvgIpc) is 3.08. The zero-order valence-corrected chi connectivity index (χ0v) is 31.8. The quantitative estimate of drug-likeness (QED) is 0.0612. The largest absolute Gasteiger partial charge is 0.505 e. The summed E-state index contributed by atoms with van der Waals surface area (Å²) in [5.74, 6) is -1.34. The van der Waals surface area contributed by atoms with Crippen LogP contribution in [0.15, 0.2) is 12.7 Å². The number of benzene rings is 1. The zero-order valence-electron chi connectivity index (χ0n) is 23.5. The first-order chi connectivity index (χ1) is 21.3. The summed E-state index contributed by atoms with van der Waals surface area (Å²) in [4.78, 5) is 9.25. The number of aromatic hydroxyl groups is 1. The van der Waals surface area contributed by atoms with E-state index in [-0.39, 0.29) is 44.1 Å². The van der Waals surface area contributed by atoms with E-state index < -0.39 is 88.7 Å². The minimum Gasteiger partial charge on any atom is -0.505 e. The van der Waals surface area contributed by atoms with E-state index in [0.29, 0.717) is 0 Å². The number of phenolic OH excluding ortho intramolecular Hbond substituents is 1. The van der Waals surface area contributed by atoms with Crippen molar-refractivity contribution in [2.45, 2.75) is 32.3 Å². The lowest BCUT2D eigenvalue weighted by molar-refractivity contribution is -0.131. The van der Waals surface area contributed by atoms with Gasteiger partial charge in [-0.15, -0.1) is 69.6 Å². The third-order valence-electron chi connectivity index (χ3n) is 6.02. The number of carboxylic acids is 1. The first kappa shape index (κ1) is 49.3. The number of carbonyl (C=O) groups is 1. The van der Waals surface area contributed by atoms with Gasteiger partial charge in [-0.25, -0.2) is 4.79 Å². The fourth-order valence-electron chi connectivity index (χ4n) is 2.71. The molecule has 10 nitrogen and oxygen atoms in total. The predicted molar refractivity (Wildman–Crippen MR) is 187 cm³/mol. The van der Waals surface area contributed by atoms with Gasteiger partial charge in [0.25, 0.3) is 0 Å². The standard InChI is InChI=1S/C10H22O7.C6H6Cl6.C6HCl5O.C3H4O2/c11-1-9(2-12,3-13)7-17-8-10(4-14,5-15)6-16;2*7-1-2(8)4(10)6(12)5(11)3(1)9;1-2-3(4)5/h11-16H,1-8H2;1-6H;12H;2H,1H2,(H,4,5). The van der Waals surface area contributed by atoms with Crippen molar-refractivity contribution in [2.75, 3.05) is 52.9 Å². The van der Waals surface area contributed by atoms with Crippen LogP contribution in [0.1, 0.15) is 0 Å². The number of aliphatic hydroxyl groups excluding tert-OH is 6. The van der Waals surface area contributed by atoms with Crippen molar-refractivity contribution in [1.82, 2.24) is 0 Å². The molecule has 0 radical (unpaired) electrons. The van der Waals surface area contributed by atoms with Crippen molar-refractivity contribution in [3.63, 3.8) is 0 Å². The summed E-state index contributed by atoms with van der Waals surface area (Å²) in [6, 6.07) is 0. The monoisotopic (exact) mass is 878 g/mol. The molecule has 1 fully saturated rings.